The number of hydrogen-bond donors (Lipinski definition) is 2. The average molecular weight is 144 g/mol. The average Bonchev–Trinajstić information content (AvgIpc) is 1.85. The molecule has 3 nitrogen and oxygen atoms in total. The molecule has 0 saturated carbocycles. The van der Waals surface area contributed by atoms with E-state index in [0.29, 0.717) is 6.42 Å². The molecule has 0 aromatic rings. The van der Waals surface area contributed by atoms with Gasteiger partial charge < -0.3 is 10.8 Å². The fourth-order valence-electron chi connectivity index (χ4n) is 0.521. The molecule has 0 heterocycles. The third-order valence-corrected chi connectivity index (χ3v) is 1.50. The maximum Gasteiger partial charge on any atom is 0.217 e. The van der Waals surface area contributed by atoms with E-state index in [1.165, 1.54) is 0 Å². The lowest BCUT2D eigenvalue weighted by atomic mass is 9.97. The van der Waals surface area contributed by atoms with E-state index in [-0.39, 0.29) is 12.3 Å². The second-order valence-corrected chi connectivity index (χ2v) is 2.61. The number of amides is 1. The zero-order valence-electron chi connectivity index (χ0n) is 6.42. The molecular weight excluding hydrogens is 130 g/mol. The van der Waals surface area contributed by atoms with Crippen LogP contribution in [0.4, 0.5) is 0 Å². The standard InChI is InChI=1S/C7H14NO2/c1-3-7(2,10)5-4-6(8)9/h3,10H,4-5H2,1-2H3,(H2,8,9)/t7-/m1/s1. The van der Waals surface area contributed by atoms with E-state index in [9.17, 15) is 9.90 Å². The van der Waals surface area contributed by atoms with E-state index in [4.69, 9.17) is 5.73 Å². The lowest BCUT2D eigenvalue weighted by Crippen LogP contribution is -2.26. The van der Waals surface area contributed by atoms with Crippen LogP contribution in [0.25, 0.3) is 0 Å². The Bertz CT molecular complexity index is 121. The highest BCUT2D eigenvalue weighted by atomic mass is 16.3. The summed E-state index contributed by atoms with van der Waals surface area (Å²) in [7, 11) is 0. The first kappa shape index (κ1) is 9.43. The van der Waals surface area contributed by atoms with Crippen molar-refractivity contribution in [1.29, 1.82) is 0 Å². The van der Waals surface area contributed by atoms with Gasteiger partial charge >= 0.3 is 0 Å². The summed E-state index contributed by atoms with van der Waals surface area (Å²) >= 11 is 0. The van der Waals surface area contributed by atoms with Gasteiger partial charge in [0.15, 0.2) is 0 Å². The Morgan fingerprint density at radius 3 is 2.60 bits per heavy atom. The summed E-state index contributed by atoms with van der Waals surface area (Å²) in [6.45, 7) is 3.40. The predicted octanol–water partition coefficient (Wildman–Crippen LogP) is 0.227. The van der Waals surface area contributed by atoms with Crippen LogP contribution in [0.5, 0.6) is 0 Å². The highest BCUT2D eigenvalue weighted by Gasteiger charge is 2.17. The molecule has 1 amide bonds. The lowest BCUT2D eigenvalue weighted by Gasteiger charge is -2.19. The van der Waals surface area contributed by atoms with Gasteiger partial charge in [0.25, 0.3) is 0 Å². The van der Waals surface area contributed by atoms with Crippen LogP contribution in [-0.4, -0.2) is 16.6 Å². The molecule has 0 aliphatic heterocycles. The van der Waals surface area contributed by atoms with Crippen LogP contribution >= 0.6 is 0 Å². The van der Waals surface area contributed by atoms with Crippen LogP contribution in [0, 0.1) is 6.42 Å². The maximum atomic E-state index is 10.3. The summed E-state index contributed by atoms with van der Waals surface area (Å²) in [5.41, 5.74) is 4.04. The molecule has 0 aromatic heterocycles. The Balaban J connectivity index is 3.56. The summed E-state index contributed by atoms with van der Waals surface area (Å²) in [5.74, 6) is -0.373. The van der Waals surface area contributed by atoms with Crippen molar-refractivity contribution in [2.24, 2.45) is 5.73 Å². The summed E-state index contributed by atoms with van der Waals surface area (Å²) in [4.78, 5) is 10.3. The minimum absolute atomic E-state index is 0.233. The number of primary amides is 1. The van der Waals surface area contributed by atoms with Gasteiger partial charge in [-0.1, -0.05) is 6.92 Å². The molecule has 0 aliphatic rings. The topological polar surface area (TPSA) is 63.3 Å². The van der Waals surface area contributed by atoms with Gasteiger partial charge in [-0.2, -0.15) is 0 Å². The molecule has 0 rings (SSSR count). The van der Waals surface area contributed by atoms with E-state index in [2.05, 4.69) is 0 Å². The van der Waals surface area contributed by atoms with Crippen LogP contribution in [0.1, 0.15) is 26.7 Å². The van der Waals surface area contributed by atoms with Gasteiger partial charge in [0.1, 0.15) is 0 Å². The Morgan fingerprint density at radius 1 is 1.80 bits per heavy atom. The Morgan fingerprint density at radius 2 is 2.30 bits per heavy atom. The zero-order chi connectivity index (χ0) is 8.20. The molecule has 0 bridgehead atoms. The molecule has 1 atom stereocenters. The third-order valence-electron chi connectivity index (χ3n) is 1.50. The van der Waals surface area contributed by atoms with Crippen LogP contribution in [0.2, 0.25) is 0 Å². The second kappa shape index (κ2) is 3.56. The monoisotopic (exact) mass is 144 g/mol. The van der Waals surface area contributed by atoms with Gasteiger partial charge in [-0.15, -0.1) is 0 Å². The van der Waals surface area contributed by atoms with Gasteiger partial charge in [0.2, 0.25) is 5.91 Å². The van der Waals surface area contributed by atoms with E-state index in [1.807, 2.05) is 0 Å². The number of carbonyl (C=O) groups excluding carboxylic acids is 1. The first-order valence-electron chi connectivity index (χ1n) is 3.29. The van der Waals surface area contributed by atoms with Gasteiger partial charge in [0.05, 0.1) is 5.60 Å². The highest BCUT2D eigenvalue weighted by Crippen LogP contribution is 2.13. The van der Waals surface area contributed by atoms with Crippen molar-refractivity contribution in [3.05, 3.63) is 6.42 Å². The van der Waals surface area contributed by atoms with Crippen LogP contribution in [0.15, 0.2) is 0 Å². The van der Waals surface area contributed by atoms with Crippen molar-refractivity contribution in [1.82, 2.24) is 0 Å². The Kier molecular flexibility index (Phi) is 3.36. The molecule has 3 N–H and O–H groups in total. The molecule has 0 saturated heterocycles. The fourth-order valence-corrected chi connectivity index (χ4v) is 0.521. The number of nitrogens with two attached hydrogens (primary N) is 1. The molecule has 0 aromatic carbocycles. The number of carbonyl (C=O) groups is 1. The van der Waals surface area contributed by atoms with Crippen molar-refractivity contribution < 1.29 is 9.90 Å². The third kappa shape index (κ3) is 4.32. The quantitative estimate of drug-likeness (QED) is 0.593. The van der Waals surface area contributed by atoms with Crippen molar-refractivity contribution in [2.45, 2.75) is 32.3 Å². The summed E-state index contributed by atoms with van der Waals surface area (Å²) < 4.78 is 0. The largest absolute Gasteiger partial charge is 0.390 e. The van der Waals surface area contributed by atoms with Gasteiger partial charge in [0, 0.05) is 6.42 Å². The fraction of sp³-hybridized carbons (Fsp3) is 0.714. The van der Waals surface area contributed by atoms with E-state index in [0.717, 1.165) is 0 Å². The minimum Gasteiger partial charge on any atom is -0.390 e. The lowest BCUT2D eigenvalue weighted by molar-refractivity contribution is -0.119. The Labute approximate surface area is 61.2 Å². The van der Waals surface area contributed by atoms with Crippen molar-refractivity contribution >= 4 is 5.91 Å². The number of aliphatic hydroxyl groups is 1. The molecule has 10 heavy (non-hydrogen) atoms. The predicted molar refractivity (Wildman–Crippen MR) is 39.0 cm³/mol. The SMILES string of the molecule is C[CH][C@@](C)(O)CCC(N)=O. The smallest absolute Gasteiger partial charge is 0.217 e. The molecule has 1 radical (unpaired) electrons. The van der Waals surface area contributed by atoms with Crippen LogP contribution in [-0.2, 0) is 4.79 Å². The first-order valence-corrected chi connectivity index (χ1v) is 3.29. The first-order chi connectivity index (χ1) is 4.48. The molecule has 0 fully saturated rings. The van der Waals surface area contributed by atoms with E-state index >= 15 is 0 Å². The summed E-state index contributed by atoms with van der Waals surface area (Å²) in [6.07, 6.45) is 2.28. The van der Waals surface area contributed by atoms with Crippen molar-refractivity contribution in [3.8, 4) is 0 Å². The maximum absolute atomic E-state index is 10.3. The van der Waals surface area contributed by atoms with Crippen molar-refractivity contribution in [2.75, 3.05) is 0 Å². The molecule has 0 aliphatic carbocycles. The molecule has 0 unspecified atom stereocenters. The Hall–Kier alpha value is -0.570. The second-order valence-electron chi connectivity index (χ2n) is 2.61. The highest BCUT2D eigenvalue weighted by molar-refractivity contribution is 5.73. The molecule has 3 heteroatoms. The van der Waals surface area contributed by atoms with Crippen LogP contribution in [0.3, 0.4) is 0 Å². The van der Waals surface area contributed by atoms with Crippen molar-refractivity contribution in [3.63, 3.8) is 0 Å². The van der Waals surface area contributed by atoms with Gasteiger partial charge in [-0.25, -0.2) is 0 Å². The van der Waals surface area contributed by atoms with Gasteiger partial charge in [-0.05, 0) is 19.8 Å². The summed E-state index contributed by atoms with van der Waals surface area (Å²) in [5, 5.41) is 9.31. The normalized spacial score (nSPS) is 16.3. The number of rotatable bonds is 4. The molecule has 0 spiro atoms. The van der Waals surface area contributed by atoms with E-state index in [1.54, 1.807) is 20.3 Å². The number of hydrogen-bond acceptors (Lipinski definition) is 2. The van der Waals surface area contributed by atoms with Crippen LogP contribution < -0.4 is 5.73 Å². The molecular formula is C7H14NO2. The van der Waals surface area contributed by atoms with Gasteiger partial charge in [-0.3, -0.25) is 4.79 Å². The summed E-state index contributed by atoms with van der Waals surface area (Å²) in [6, 6.07) is 0. The zero-order valence-corrected chi connectivity index (χ0v) is 6.42. The molecule has 59 valence electrons. The minimum atomic E-state index is -0.852. The van der Waals surface area contributed by atoms with E-state index < -0.39 is 5.60 Å².